The lowest BCUT2D eigenvalue weighted by Crippen LogP contribution is -2.70. The van der Waals surface area contributed by atoms with Gasteiger partial charge in [-0.05, 0) is 0 Å². The fourth-order valence-corrected chi connectivity index (χ4v) is 2.40. The summed E-state index contributed by atoms with van der Waals surface area (Å²) in [6.45, 7) is -0.641. The van der Waals surface area contributed by atoms with Gasteiger partial charge in [-0.1, -0.05) is 30.3 Å². The van der Waals surface area contributed by atoms with Crippen LogP contribution in [0.5, 0.6) is 0 Å². The first kappa shape index (κ1) is 16.0. The number of carbonyl (C=O) groups is 1. The van der Waals surface area contributed by atoms with E-state index in [-0.39, 0.29) is 5.56 Å². The van der Waals surface area contributed by atoms with Crippen LogP contribution in [0, 0.1) is 0 Å². The summed E-state index contributed by atoms with van der Waals surface area (Å²) < 4.78 is 9.96. The molecule has 7 nitrogen and oxygen atoms in total. The van der Waals surface area contributed by atoms with Crippen molar-refractivity contribution in [3.8, 4) is 0 Å². The molecule has 1 saturated heterocycles. The number of Topliss-reactive ketones (excluding diaryl/α,β-unsaturated/α-hetero) is 1. The molecule has 0 radical (unpaired) electrons. The van der Waals surface area contributed by atoms with E-state index in [2.05, 4.69) is 0 Å². The van der Waals surface area contributed by atoms with Crippen LogP contribution in [0.15, 0.2) is 30.3 Å². The summed E-state index contributed by atoms with van der Waals surface area (Å²) in [6.07, 6.45) is -6.19. The number of hydrogen-bond acceptors (Lipinski definition) is 7. The molecule has 1 aromatic rings. The van der Waals surface area contributed by atoms with Crippen molar-refractivity contribution in [2.24, 2.45) is 0 Å². The second kappa shape index (κ2) is 6.18. The van der Waals surface area contributed by atoms with Gasteiger partial charge in [0.15, 0.2) is 17.7 Å². The first-order chi connectivity index (χ1) is 9.96. The lowest BCUT2D eigenvalue weighted by atomic mass is 9.78. The maximum Gasteiger partial charge on any atom is 0.200 e. The highest BCUT2D eigenvalue weighted by molar-refractivity contribution is 6.03. The summed E-state index contributed by atoms with van der Waals surface area (Å²) in [4.78, 5) is 12.5. The number of benzene rings is 1. The van der Waals surface area contributed by atoms with Crippen molar-refractivity contribution in [2.75, 3.05) is 13.7 Å². The van der Waals surface area contributed by atoms with Crippen molar-refractivity contribution in [1.82, 2.24) is 0 Å². The quantitative estimate of drug-likeness (QED) is 0.510. The van der Waals surface area contributed by atoms with Crippen molar-refractivity contribution >= 4 is 5.78 Å². The lowest BCUT2D eigenvalue weighted by molar-refractivity contribution is -0.312. The van der Waals surface area contributed by atoms with Gasteiger partial charge in [0.2, 0.25) is 0 Å². The van der Waals surface area contributed by atoms with Crippen LogP contribution in [0.25, 0.3) is 0 Å². The van der Waals surface area contributed by atoms with E-state index < -0.39 is 42.6 Å². The number of aliphatic hydroxyl groups excluding tert-OH is 3. The molecule has 5 atom stereocenters. The molecule has 0 aromatic heterocycles. The van der Waals surface area contributed by atoms with Gasteiger partial charge in [-0.3, -0.25) is 4.79 Å². The first-order valence-corrected chi connectivity index (χ1v) is 6.44. The van der Waals surface area contributed by atoms with E-state index in [0.717, 1.165) is 0 Å². The van der Waals surface area contributed by atoms with Crippen LogP contribution in [-0.4, -0.2) is 70.1 Å². The highest BCUT2D eigenvalue weighted by Gasteiger charge is 2.59. The average Bonchev–Trinajstić information content (AvgIpc) is 2.53. The zero-order valence-electron chi connectivity index (χ0n) is 11.4. The predicted octanol–water partition coefficient (Wildman–Crippen LogP) is -1.31. The first-order valence-electron chi connectivity index (χ1n) is 6.44. The van der Waals surface area contributed by atoms with Crippen molar-refractivity contribution in [3.63, 3.8) is 0 Å². The number of methoxy groups -OCH3 is 1. The van der Waals surface area contributed by atoms with E-state index in [0.29, 0.717) is 0 Å². The highest BCUT2D eigenvalue weighted by Crippen LogP contribution is 2.33. The van der Waals surface area contributed by atoms with Crippen molar-refractivity contribution < 1.29 is 34.7 Å². The predicted molar refractivity (Wildman–Crippen MR) is 70.5 cm³/mol. The summed E-state index contributed by atoms with van der Waals surface area (Å²) in [6, 6.07) is 7.76. The highest BCUT2D eigenvalue weighted by atomic mass is 16.7. The molecule has 0 bridgehead atoms. The second-order valence-corrected chi connectivity index (χ2v) is 4.87. The van der Waals surface area contributed by atoms with Crippen LogP contribution in [0.4, 0.5) is 0 Å². The van der Waals surface area contributed by atoms with E-state index in [9.17, 15) is 25.2 Å². The molecular weight excluding hydrogens is 280 g/mol. The Morgan fingerprint density at radius 2 is 1.90 bits per heavy atom. The molecule has 2 rings (SSSR count). The summed E-state index contributed by atoms with van der Waals surface area (Å²) in [5.74, 6) is -0.869. The van der Waals surface area contributed by atoms with Crippen LogP contribution in [0.2, 0.25) is 0 Å². The number of ether oxygens (including phenoxy) is 2. The zero-order valence-corrected chi connectivity index (χ0v) is 11.4. The molecule has 1 aromatic carbocycles. The number of rotatable bonds is 4. The Labute approximate surface area is 121 Å². The maximum absolute atomic E-state index is 12.5. The Morgan fingerprint density at radius 1 is 1.29 bits per heavy atom. The monoisotopic (exact) mass is 298 g/mol. The van der Waals surface area contributed by atoms with E-state index in [1.807, 2.05) is 0 Å². The molecule has 0 unspecified atom stereocenters. The molecule has 1 fully saturated rings. The molecule has 1 heterocycles. The van der Waals surface area contributed by atoms with Crippen molar-refractivity contribution in [2.45, 2.75) is 30.2 Å². The molecule has 21 heavy (non-hydrogen) atoms. The largest absolute Gasteiger partial charge is 0.394 e. The van der Waals surface area contributed by atoms with E-state index in [4.69, 9.17) is 9.47 Å². The third-order valence-corrected chi connectivity index (χ3v) is 3.63. The van der Waals surface area contributed by atoms with Gasteiger partial charge in [0.05, 0.1) is 6.61 Å². The minimum Gasteiger partial charge on any atom is -0.394 e. The molecule has 4 N–H and O–H groups in total. The third-order valence-electron chi connectivity index (χ3n) is 3.63. The van der Waals surface area contributed by atoms with Gasteiger partial charge in [-0.25, -0.2) is 0 Å². The van der Waals surface area contributed by atoms with Crippen LogP contribution in [-0.2, 0) is 9.47 Å². The number of ketones is 1. The fraction of sp³-hybridized carbons (Fsp3) is 0.500. The summed E-state index contributed by atoms with van der Waals surface area (Å²) >= 11 is 0. The minimum atomic E-state index is -2.53. The van der Waals surface area contributed by atoms with Crippen LogP contribution >= 0.6 is 0 Å². The van der Waals surface area contributed by atoms with Gasteiger partial charge in [0.25, 0.3) is 0 Å². The maximum atomic E-state index is 12.5. The normalized spacial score (nSPS) is 36.4. The fourth-order valence-electron chi connectivity index (χ4n) is 2.40. The van der Waals surface area contributed by atoms with Crippen LogP contribution in [0.3, 0.4) is 0 Å². The van der Waals surface area contributed by atoms with Gasteiger partial charge in [0.1, 0.15) is 18.3 Å². The Morgan fingerprint density at radius 3 is 2.43 bits per heavy atom. The van der Waals surface area contributed by atoms with Crippen molar-refractivity contribution in [3.05, 3.63) is 35.9 Å². The molecular formula is C14H18O7. The summed E-state index contributed by atoms with van der Waals surface area (Å²) in [5, 5.41) is 40.1. The molecule has 0 spiro atoms. The van der Waals surface area contributed by atoms with E-state index in [1.54, 1.807) is 18.2 Å². The molecule has 1 aliphatic heterocycles. The van der Waals surface area contributed by atoms with Gasteiger partial charge in [-0.15, -0.1) is 0 Å². The SMILES string of the molecule is CO[C@H]1O[C@H](CO)[C@H](O)[C@@](O)(C(=O)c2ccccc2)[C@H]1O. The number of carbonyl (C=O) groups excluding carboxylic acids is 1. The lowest BCUT2D eigenvalue weighted by Gasteiger charge is -2.46. The second-order valence-electron chi connectivity index (χ2n) is 4.87. The van der Waals surface area contributed by atoms with Gasteiger partial charge in [0, 0.05) is 12.7 Å². The summed E-state index contributed by atoms with van der Waals surface area (Å²) in [7, 11) is 1.22. The van der Waals surface area contributed by atoms with E-state index in [1.165, 1.54) is 19.2 Å². The molecule has 7 heteroatoms. The van der Waals surface area contributed by atoms with Crippen molar-refractivity contribution in [1.29, 1.82) is 0 Å². The van der Waals surface area contributed by atoms with E-state index >= 15 is 0 Å². The van der Waals surface area contributed by atoms with Crippen LogP contribution in [0.1, 0.15) is 10.4 Å². The summed E-state index contributed by atoms with van der Waals surface area (Å²) in [5.41, 5.74) is -2.42. The molecule has 116 valence electrons. The molecule has 0 aliphatic carbocycles. The molecule has 1 aliphatic rings. The topological polar surface area (TPSA) is 116 Å². The smallest absolute Gasteiger partial charge is 0.200 e. The zero-order chi connectivity index (χ0) is 15.6. The molecule has 0 amide bonds. The standard InChI is InChI=1S/C14H18O7/c1-20-13-12(18)14(19,11(17)9(7-15)21-13)10(16)8-5-3-2-4-6-8/h2-6,9,11-13,15,17-19H,7H2,1H3/t9-,11+,12+,13+,14+/m1/s1. The van der Waals surface area contributed by atoms with Gasteiger partial charge >= 0.3 is 0 Å². The Kier molecular flexibility index (Phi) is 4.72. The Balaban J connectivity index is 2.42. The number of aliphatic hydroxyl groups is 4. The average molecular weight is 298 g/mol. The van der Waals surface area contributed by atoms with Gasteiger partial charge in [-0.2, -0.15) is 0 Å². The van der Waals surface area contributed by atoms with Crippen LogP contribution < -0.4 is 0 Å². The van der Waals surface area contributed by atoms with Gasteiger partial charge < -0.3 is 29.9 Å². The Bertz CT molecular complexity index is 473. The molecule has 0 saturated carbocycles. The Hall–Kier alpha value is -1.35. The minimum absolute atomic E-state index is 0.117. The number of hydrogen-bond donors (Lipinski definition) is 4. The third kappa shape index (κ3) is 2.59.